The van der Waals surface area contributed by atoms with Crippen molar-refractivity contribution in [1.29, 1.82) is 0 Å². The average molecular weight is 435 g/mol. The number of hydrazine groups is 2. The minimum absolute atomic E-state index is 0.0631. The maximum absolute atomic E-state index is 12.8. The molecular formula is C20H29N5O6. The molecule has 31 heavy (non-hydrogen) atoms. The van der Waals surface area contributed by atoms with Crippen LogP contribution >= 0.6 is 0 Å². The van der Waals surface area contributed by atoms with Gasteiger partial charge in [0.05, 0.1) is 6.42 Å². The summed E-state index contributed by atoms with van der Waals surface area (Å²) < 4.78 is 4.96. The maximum atomic E-state index is 12.8. The molecule has 0 fully saturated rings. The first kappa shape index (κ1) is 25.7. The number of hydrogen-bond acceptors (Lipinski definition) is 7. The molecule has 4 N–H and O–H groups in total. The Bertz CT molecular complexity index is 771. The summed E-state index contributed by atoms with van der Waals surface area (Å²) >= 11 is 0. The van der Waals surface area contributed by atoms with Gasteiger partial charge >= 0.3 is 23.6 Å². The number of rotatable bonds is 11. The number of unbranched alkanes of at least 4 members (excludes halogenated alkanes) is 1. The third-order valence-corrected chi connectivity index (χ3v) is 4.08. The Morgan fingerprint density at radius 3 is 2.26 bits per heavy atom. The lowest BCUT2D eigenvalue weighted by molar-refractivity contribution is -0.168. The van der Waals surface area contributed by atoms with Gasteiger partial charge in [-0.2, -0.15) is 0 Å². The predicted molar refractivity (Wildman–Crippen MR) is 110 cm³/mol. The molecule has 0 saturated carbocycles. The highest BCUT2D eigenvalue weighted by atomic mass is 16.5. The number of carbonyl (C=O) groups is 5. The van der Waals surface area contributed by atoms with Crippen molar-refractivity contribution >= 4 is 29.5 Å². The summed E-state index contributed by atoms with van der Waals surface area (Å²) in [6, 6.07) is 8.73. The van der Waals surface area contributed by atoms with E-state index in [4.69, 9.17) is 10.5 Å². The molecule has 0 aliphatic heterocycles. The van der Waals surface area contributed by atoms with Crippen molar-refractivity contribution in [3.05, 3.63) is 35.9 Å². The van der Waals surface area contributed by atoms with Crippen molar-refractivity contribution in [2.45, 2.75) is 32.6 Å². The first-order valence-electron chi connectivity index (χ1n) is 9.86. The molecule has 0 radical (unpaired) electrons. The van der Waals surface area contributed by atoms with Gasteiger partial charge in [0, 0.05) is 26.8 Å². The minimum Gasteiger partial charge on any atom is -0.385 e. The molecule has 5 amide bonds. The topological polar surface area (TPSA) is 151 Å². The normalized spacial score (nSPS) is 10.4. The summed E-state index contributed by atoms with van der Waals surface area (Å²) in [4.78, 5) is 60.3. The number of benzene rings is 1. The van der Waals surface area contributed by atoms with Crippen LogP contribution < -0.4 is 16.5 Å². The summed E-state index contributed by atoms with van der Waals surface area (Å²) in [5.41, 5.74) is 7.88. The van der Waals surface area contributed by atoms with Gasteiger partial charge in [-0.05, 0) is 18.4 Å². The number of nitrogens with zero attached hydrogens (tertiary/aromatic N) is 2. The van der Waals surface area contributed by atoms with Gasteiger partial charge in [-0.3, -0.25) is 34.7 Å². The molecule has 0 spiro atoms. The molecule has 0 unspecified atom stereocenters. The zero-order valence-corrected chi connectivity index (χ0v) is 17.8. The highest BCUT2D eigenvalue weighted by Crippen LogP contribution is 2.04. The van der Waals surface area contributed by atoms with E-state index in [0.717, 1.165) is 10.1 Å². The number of methoxy groups -OCH3 is 1. The summed E-state index contributed by atoms with van der Waals surface area (Å²) in [5.74, 6) is -5.25. The first-order valence-corrected chi connectivity index (χ1v) is 9.86. The molecule has 11 nitrogen and oxygen atoms in total. The first-order chi connectivity index (χ1) is 14.8. The summed E-state index contributed by atoms with van der Waals surface area (Å²) in [5, 5.41) is 4.08. The van der Waals surface area contributed by atoms with Crippen molar-refractivity contribution in [1.82, 2.24) is 20.9 Å². The van der Waals surface area contributed by atoms with Gasteiger partial charge in [0.25, 0.3) is 0 Å². The van der Waals surface area contributed by atoms with Crippen LogP contribution in [0.1, 0.15) is 31.7 Å². The average Bonchev–Trinajstić information content (AvgIpc) is 2.74. The highest BCUT2D eigenvalue weighted by Gasteiger charge is 2.29. The molecule has 0 aliphatic rings. The SMILES string of the molecule is CCCCN(C(=O)C(=O)NC(=O)Cc1ccccc1)N(CCCOC)NC(=O)C(N)=O. The van der Waals surface area contributed by atoms with E-state index in [1.807, 2.05) is 6.92 Å². The Morgan fingerprint density at radius 1 is 1.00 bits per heavy atom. The van der Waals surface area contributed by atoms with E-state index >= 15 is 0 Å². The van der Waals surface area contributed by atoms with Crippen LogP contribution in [0.2, 0.25) is 0 Å². The number of amides is 5. The van der Waals surface area contributed by atoms with Crippen LogP contribution in [0.5, 0.6) is 0 Å². The smallest absolute Gasteiger partial charge is 0.328 e. The lowest BCUT2D eigenvalue weighted by Gasteiger charge is -2.34. The molecule has 11 heteroatoms. The summed E-state index contributed by atoms with van der Waals surface area (Å²) in [6.07, 6.45) is 1.49. The molecule has 170 valence electrons. The third kappa shape index (κ3) is 9.36. The number of nitrogens with one attached hydrogen (secondary N) is 2. The fourth-order valence-corrected chi connectivity index (χ4v) is 2.53. The molecule has 1 aromatic carbocycles. The Labute approximate surface area is 180 Å². The monoisotopic (exact) mass is 435 g/mol. The molecule has 0 atom stereocenters. The molecule has 0 aromatic heterocycles. The van der Waals surface area contributed by atoms with Crippen LogP contribution in [0.25, 0.3) is 0 Å². The van der Waals surface area contributed by atoms with Crippen molar-refractivity contribution < 1.29 is 28.7 Å². The van der Waals surface area contributed by atoms with Crippen molar-refractivity contribution in [2.75, 3.05) is 26.8 Å². The van der Waals surface area contributed by atoms with Gasteiger partial charge in [0.1, 0.15) is 0 Å². The number of ether oxygens (including phenoxy) is 1. The van der Waals surface area contributed by atoms with Gasteiger partial charge in [-0.25, -0.2) is 5.01 Å². The predicted octanol–water partition coefficient (Wildman–Crippen LogP) is -0.729. The van der Waals surface area contributed by atoms with Crippen molar-refractivity contribution in [3.63, 3.8) is 0 Å². The molecule has 0 aliphatic carbocycles. The Balaban J connectivity index is 2.92. The van der Waals surface area contributed by atoms with Crippen LogP contribution in [0, 0.1) is 0 Å². The van der Waals surface area contributed by atoms with Gasteiger partial charge in [0.15, 0.2) is 0 Å². The van der Waals surface area contributed by atoms with Gasteiger partial charge < -0.3 is 10.5 Å². The number of nitrogens with two attached hydrogens (primary N) is 1. The lowest BCUT2D eigenvalue weighted by atomic mass is 10.1. The quantitative estimate of drug-likeness (QED) is 0.235. The van der Waals surface area contributed by atoms with Gasteiger partial charge in [0.2, 0.25) is 5.91 Å². The molecule has 0 heterocycles. The zero-order valence-electron chi connectivity index (χ0n) is 17.8. The lowest BCUT2D eigenvalue weighted by Crippen LogP contribution is -2.60. The Hall–Kier alpha value is -3.31. The van der Waals surface area contributed by atoms with Crippen LogP contribution in [-0.4, -0.2) is 66.5 Å². The van der Waals surface area contributed by atoms with Crippen LogP contribution in [0.15, 0.2) is 30.3 Å². The fraction of sp³-hybridized carbons (Fsp3) is 0.450. The second-order valence-corrected chi connectivity index (χ2v) is 6.60. The minimum atomic E-state index is -1.25. The largest absolute Gasteiger partial charge is 0.385 e. The van der Waals surface area contributed by atoms with E-state index in [1.165, 1.54) is 7.11 Å². The number of carbonyl (C=O) groups excluding carboxylic acids is 5. The Kier molecular flexibility index (Phi) is 11.5. The summed E-state index contributed by atoms with van der Waals surface area (Å²) in [6.45, 7) is 2.32. The third-order valence-electron chi connectivity index (χ3n) is 4.08. The van der Waals surface area contributed by atoms with E-state index in [9.17, 15) is 24.0 Å². The van der Waals surface area contributed by atoms with Gasteiger partial charge in [-0.15, -0.1) is 5.12 Å². The van der Waals surface area contributed by atoms with Crippen LogP contribution in [-0.2, 0) is 35.1 Å². The Morgan fingerprint density at radius 2 is 1.68 bits per heavy atom. The molecular weight excluding hydrogens is 406 g/mol. The van der Waals surface area contributed by atoms with E-state index in [2.05, 4.69) is 10.7 Å². The number of primary amides is 1. The van der Waals surface area contributed by atoms with E-state index in [-0.39, 0.29) is 19.5 Å². The molecule has 0 saturated heterocycles. The second-order valence-electron chi connectivity index (χ2n) is 6.60. The van der Waals surface area contributed by atoms with Crippen LogP contribution in [0.4, 0.5) is 0 Å². The molecule has 1 aromatic rings. The number of hydrogen-bond donors (Lipinski definition) is 3. The maximum Gasteiger partial charge on any atom is 0.328 e. The standard InChI is InChI=1S/C20H29N5O6/c1-3-4-11-24(25(12-8-13-31-2)23-18(28)17(21)27)20(30)19(29)22-16(26)14-15-9-6-5-7-10-15/h5-7,9-10H,3-4,8,11-14H2,1-2H3,(H2,21,27)(H,23,28)(H,22,26,29). The van der Waals surface area contributed by atoms with E-state index < -0.39 is 29.5 Å². The van der Waals surface area contributed by atoms with Crippen molar-refractivity contribution in [2.24, 2.45) is 5.73 Å². The number of imide groups is 1. The van der Waals surface area contributed by atoms with E-state index in [1.54, 1.807) is 30.3 Å². The molecule has 0 bridgehead atoms. The fourth-order valence-electron chi connectivity index (χ4n) is 2.53. The highest BCUT2D eigenvalue weighted by molar-refractivity contribution is 6.37. The molecule has 1 rings (SSSR count). The zero-order chi connectivity index (χ0) is 23.2. The van der Waals surface area contributed by atoms with Crippen molar-refractivity contribution in [3.8, 4) is 0 Å². The second kappa shape index (κ2) is 13.8. The van der Waals surface area contributed by atoms with Gasteiger partial charge in [-0.1, -0.05) is 43.7 Å². The van der Waals surface area contributed by atoms with Crippen LogP contribution in [0.3, 0.4) is 0 Å². The summed E-state index contributed by atoms with van der Waals surface area (Å²) in [7, 11) is 1.48. The van der Waals surface area contributed by atoms with E-state index in [0.29, 0.717) is 31.4 Å².